The van der Waals surface area contributed by atoms with Gasteiger partial charge < -0.3 is 5.32 Å². The lowest BCUT2D eigenvalue weighted by Gasteiger charge is -2.56. The van der Waals surface area contributed by atoms with Crippen molar-refractivity contribution in [1.82, 2.24) is 15.5 Å². The standard InChI is InChI=1S/C14H19N3O2/c18-12-4-11(16-17-12)13(19)15-14-5-8-1-9(6-14)3-10(2-8)7-14/h4,8-10H,1-3,5-7H2,(H,15,19)(H2,16,17,18). The summed E-state index contributed by atoms with van der Waals surface area (Å²) in [7, 11) is 0. The third kappa shape index (κ3) is 1.83. The summed E-state index contributed by atoms with van der Waals surface area (Å²) in [6.45, 7) is 0. The molecule has 0 saturated heterocycles. The Kier molecular flexibility index (Phi) is 2.23. The maximum atomic E-state index is 12.2. The summed E-state index contributed by atoms with van der Waals surface area (Å²) in [5.41, 5.74) is 0.0939. The van der Waals surface area contributed by atoms with Crippen molar-refractivity contribution in [1.29, 1.82) is 0 Å². The Hall–Kier alpha value is -1.52. The lowest BCUT2D eigenvalue weighted by atomic mass is 9.53. The van der Waals surface area contributed by atoms with Gasteiger partial charge in [0.25, 0.3) is 11.5 Å². The molecule has 1 amide bonds. The largest absolute Gasteiger partial charge is 0.345 e. The number of carbonyl (C=O) groups excluding carboxylic acids is 1. The minimum absolute atomic E-state index is 0.00000898. The summed E-state index contributed by atoms with van der Waals surface area (Å²) in [6, 6.07) is 1.33. The van der Waals surface area contributed by atoms with Crippen LogP contribution in [0.1, 0.15) is 49.0 Å². The predicted molar refractivity (Wildman–Crippen MR) is 69.8 cm³/mol. The van der Waals surface area contributed by atoms with E-state index >= 15 is 0 Å². The van der Waals surface area contributed by atoms with Crippen LogP contribution < -0.4 is 10.9 Å². The highest BCUT2D eigenvalue weighted by Gasteiger charge is 2.51. The number of hydrogen-bond acceptors (Lipinski definition) is 2. The minimum Gasteiger partial charge on any atom is -0.345 e. The molecule has 4 aliphatic carbocycles. The first-order valence-electron chi connectivity index (χ1n) is 7.22. The highest BCUT2D eigenvalue weighted by Crippen LogP contribution is 2.55. The van der Waals surface area contributed by atoms with Gasteiger partial charge in [0.05, 0.1) is 0 Å². The summed E-state index contributed by atoms with van der Waals surface area (Å²) in [5, 5.41) is 8.28. The fourth-order valence-electron chi connectivity index (χ4n) is 5.03. The zero-order valence-electron chi connectivity index (χ0n) is 10.9. The molecule has 1 aromatic rings. The van der Waals surface area contributed by atoms with Gasteiger partial charge in [-0.2, -0.15) is 0 Å². The first-order chi connectivity index (χ1) is 9.12. The van der Waals surface area contributed by atoms with Crippen LogP contribution in [-0.4, -0.2) is 21.6 Å². The van der Waals surface area contributed by atoms with E-state index in [2.05, 4.69) is 15.5 Å². The van der Waals surface area contributed by atoms with Gasteiger partial charge in [0, 0.05) is 11.6 Å². The second kappa shape index (κ2) is 3.74. The van der Waals surface area contributed by atoms with Crippen LogP contribution in [0, 0.1) is 17.8 Å². The molecule has 0 aromatic carbocycles. The molecule has 5 rings (SSSR count). The van der Waals surface area contributed by atoms with Crippen LogP contribution in [-0.2, 0) is 0 Å². The molecule has 5 heteroatoms. The molecule has 1 aromatic heterocycles. The molecule has 0 spiro atoms. The van der Waals surface area contributed by atoms with E-state index in [-0.39, 0.29) is 17.0 Å². The first-order valence-corrected chi connectivity index (χ1v) is 7.22. The Balaban J connectivity index is 1.56. The van der Waals surface area contributed by atoms with Crippen molar-refractivity contribution in [3.8, 4) is 0 Å². The number of amides is 1. The lowest BCUT2D eigenvalue weighted by molar-refractivity contribution is -0.0167. The Bertz CT molecular complexity index is 536. The van der Waals surface area contributed by atoms with Gasteiger partial charge in [0.15, 0.2) is 0 Å². The van der Waals surface area contributed by atoms with Gasteiger partial charge in [-0.15, -0.1) is 0 Å². The number of rotatable bonds is 2. The summed E-state index contributed by atoms with van der Waals surface area (Å²) in [5.74, 6) is 2.27. The van der Waals surface area contributed by atoms with E-state index in [9.17, 15) is 9.59 Å². The number of aromatic amines is 2. The third-order valence-electron chi connectivity index (χ3n) is 5.26. The third-order valence-corrected chi connectivity index (χ3v) is 5.26. The number of carbonyl (C=O) groups is 1. The van der Waals surface area contributed by atoms with Crippen LogP contribution in [0.15, 0.2) is 10.9 Å². The van der Waals surface area contributed by atoms with E-state index < -0.39 is 0 Å². The van der Waals surface area contributed by atoms with E-state index in [0.717, 1.165) is 37.0 Å². The lowest BCUT2D eigenvalue weighted by Crippen LogP contribution is -2.59. The maximum absolute atomic E-state index is 12.2. The molecular formula is C14H19N3O2. The number of aromatic nitrogens is 2. The summed E-state index contributed by atoms with van der Waals surface area (Å²) >= 11 is 0. The van der Waals surface area contributed by atoms with Crippen LogP contribution in [0.5, 0.6) is 0 Å². The molecule has 1 heterocycles. The molecule has 0 atom stereocenters. The molecule has 0 unspecified atom stereocenters. The average Bonchev–Trinajstić information content (AvgIpc) is 2.73. The van der Waals surface area contributed by atoms with Crippen LogP contribution in [0.4, 0.5) is 0 Å². The van der Waals surface area contributed by atoms with Crippen molar-refractivity contribution in [2.45, 2.75) is 44.1 Å². The molecule has 4 saturated carbocycles. The van der Waals surface area contributed by atoms with Crippen LogP contribution >= 0.6 is 0 Å². The molecule has 4 fully saturated rings. The minimum atomic E-state index is -0.254. The normalized spacial score (nSPS) is 39.5. The van der Waals surface area contributed by atoms with E-state index in [1.54, 1.807) is 0 Å². The monoisotopic (exact) mass is 261 g/mol. The van der Waals surface area contributed by atoms with Crippen LogP contribution in [0.2, 0.25) is 0 Å². The van der Waals surface area contributed by atoms with E-state index in [4.69, 9.17) is 0 Å². The molecule has 5 nitrogen and oxygen atoms in total. The summed E-state index contributed by atoms with van der Waals surface area (Å²) in [6.07, 6.45) is 7.44. The van der Waals surface area contributed by atoms with Gasteiger partial charge in [-0.25, -0.2) is 0 Å². The van der Waals surface area contributed by atoms with Gasteiger partial charge in [0.2, 0.25) is 0 Å². The molecule has 19 heavy (non-hydrogen) atoms. The topological polar surface area (TPSA) is 77.8 Å². The fraction of sp³-hybridized carbons (Fsp3) is 0.714. The summed E-state index contributed by atoms with van der Waals surface area (Å²) < 4.78 is 0. The van der Waals surface area contributed by atoms with Gasteiger partial charge in [-0.05, 0) is 56.3 Å². The zero-order chi connectivity index (χ0) is 13.0. The molecule has 3 N–H and O–H groups in total. The number of H-pyrrole nitrogens is 2. The Labute approximate surface area is 111 Å². The maximum Gasteiger partial charge on any atom is 0.269 e. The number of hydrogen-bond donors (Lipinski definition) is 3. The van der Waals surface area contributed by atoms with Crippen molar-refractivity contribution < 1.29 is 4.79 Å². The van der Waals surface area contributed by atoms with Gasteiger partial charge >= 0.3 is 0 Å². The number of nitrogens with one attached hydrogen (secondary N) is 3. The van der Waals surface area contributed by atoms with Crippen molar-refractivity contribution in [2.24, 2.45) is 17.8 Å². The van der Waals surface area contributed by atoms with Crippen LogP contribution in [0.3, 0.4) is 0 Å². The highest BCUT2D eigenvalue weighted by molar-refractivity contribution is 5.92. The molecule has 4 aliphatic rings. The highest BCUT2D eigenvalue weighted by atomic mass is 16.2. The average molecular weight is 261 g/mol. The zero-order valence-corrected chi connectivity index (χ0v) is 10.9. The van der Waals surface area contributed by atoms with E-state index in [0.29, 0.717) is 5.69 Å². The molecule has 102 valence electrons. The molecule has 0 aliphatic heterocycles. The van der Waals surface area contributed by atoms with Crippen LogP contribution in [0.25, 0.3) is 0 Å². The molecule has 0 radical (unpaired) electrons. The SMILES string of the molecule is O=C(NC12CC3CC(CC(C3)C1)C2)c1cc(=O)[nH][nH]1. The second-order valence-corrected chi connectivity index (χ2v) is 6.82. The summed E-state index contributed by atoms with van der Waals surface area (Å²) in [4.78, 5) is 23.3. The van der Waals surface area contributed by atoms with Crippen molar-refractivity contribution in [3.05, 3.63) is 22.1 Å². The Morgan fingerprint density at radius 3 is 2.16 bits per heavy atom. The van der Waals surface area contributed by atoms with E-state index in [1.807, 2.05) is 0 Å². The fourth-order valence-corrected chi connectivity index (χ4v) is 5.03. The smallest absolute Gasteiger partial charge is 0.269 e. The Morgan fingerprint density at radius 1 is 1.11 bits per heavy atom. The van der Waals surface area contributed by atoms with Crippen molar-refractivity contribution >= 4 is 5.91 Å². The van der Waals surface area contributed by atoms with Gasteiger partial charge in [0.1, 0.15) is 5.69 Å². The van der Waals surface area contributed by atoms with E-state index in [1.165, 1.54) is 25.3 Å². The second-order valence-electron chi connectivity index (χ2n) is 6.82. The van der Waals surface area contributed by atoms with Crippen molar-refractivity contribution in [2.75, 3.05) is 0 Å². The Morgan fingerprint density at radius 2 is 1.68 bits per heavy atom. The molecular weight excluding hydrogens is 242 g/mol. The predicted octanol–water partition coefficient (Wildman–Crippen LogP) is 1.40. The van der Waals surface area contributed by atoms with Gasteiger partial charge in [-0.3, -0.25) is 19.8 Å². The van der Waals surface area contributed by atoms with Gasteiger partial charge in [-0.1, -0.05) is 0 Å². The van der Waals surface area contributed by atoms with Crippen molar-refractivity contribution in [3.63, 3.8) is 0 Å². The quantitative estimate of drug-likeness (QED) is 0.752. The first kappa shape index (κ1) is 11.3. The molecule has 4 bridgehead atoms.